The molecule has 0 radical (unpaired) electrons. The molecule has 0 spiro atoms. The Morgan fingerprint density at radius 2 is 2.03 bits per heavy atom. The number of benzene rings is 1. The van der Waals surface area contributed by atoms with Crippen molar-refractivity contribution in [2.45, 2.75) is 37.1 Å². The average Bonchev–Trinajstić information content (AvgIpc) is 3.28. The van der Waals surface area contributed by atoms with Gasteiger partial charge in [-0.05, 0) is 31.5 Å². The van der Waals surface area contributed by atoms with Crippen LogP contribution in [-0.2, 0) is 19.4 Å². The quantitative estimate of drug-likeness (QED) is 0.446. The second kappa shape index (κ2) is 8.41. The first-order valence-electron chi connectivity index (χ1n) is 10.4. The summed E-state index contributed by atoms with van der Waals surface area (Å²) in [5, 5.41) is 6.49. The molecular formula is C22H24N4O5S. The minimum absolute atomic E-state index is 0.102. The van der Waals surface area contributed by atoms with Gasteiger partial charge in [-0.2, -0.15) is 0 Å². The summed E-state index contributed by atoms with van der Waals surface area (Å²) in [5.41, 5.74) is 0.714. The average molecular weight is 457 g/mol. The fourth-order valence-corrected chi connectivity index (χ4v) is 6.03. The van der Waals surface area contributed by atoms with Gasteiger partial charge in [0.2, 0.25) is 5.91 Å². The number of nitrogens with zero attached hydrogens (tertiary/aromatic N) is 1. The van der Waals surface area contributed by atoms with Crippen molar-refractivity contribution in [3.8, 4) is 11.8 Å². The molecule has 2 atom stereocenters. The van der Waals surface area contributed by atoms with Crippen molar-refractivity contribution in [1.82, 2.24) is 16.0 Å². The number of carbonyl (C=O) groups is 3. The lowest BCUT2D eigenvalue weighted by Gasteiger charge is -2.27. The number of amides is 4. The molecule has 4 rings (SSSR count). The summed E-state index contributed by atoms with van der Waals surface area (Å²) < 4.78 is 25.9. The summed E-state index contributed by atoms with van der Waals surface area (Å²) in [7, 11) is -3.76. The highest BCUT2D eigenvalue weighted by molar-refractivity contribution is 7.92. The third-order valence-electron chi connectivity index (χ3n) is 5.74. The molecule has 0 aliphatic carbocycles. The smallest absolute Gasteiger partial charge is 0.322 e. The van der Waals surface area contributed by atoms with Crippen molar-refractivity contribution < 1.29 is 22.8 Å². The highest BCUT2D eigenvalue weighted by Crippen LogP contribution is 2.23. The third kappa shape index (κ3) is 4.54. The molecule has 10 heteroatoms. The molecule has 32 heavy (non-hydrogen) atoms. The summed E-state index contributed by atoms with van der Waals surface area (Å²) in [4.78, 5) is 37.1. The first-order chi connectivity index (χ1) is 15.2. The fourth-order valence-electron chi connectivity index (χ4n) is 4.03. The van der Waals surface area contributed by atoms with Crippen LogP contribution in [0.3, 0.4) is 0 Å². The van der Waals surface area contributed by atoms with Crippen LogP contribution in [0, 0.1) is 11.8 Å². The van der Waals surface area contributed by atoms with E-state index in [1.54, 1.807) is 4.90 Å². The van der Waals surface area contributed by atoms with Gasteiger partial charge in [0.25, 0.3) is 5.91 Å². The monoisotopic (exact) mass is 456 g/mol. The molecule has 2 fully saturated rings. The van der Waals surface area contributed by atoms with Gasteiger partial charge in [0.15, 0.2) is 9.84 Å². The van der Waals surface area contributed by atoms with Gasteiger partial charge < -0.3 is 10.2 Å². The van der Waals surface area contributed by atoms with Crippen LogP contribution in [0.4, 0.5) is 10.5 Å². The van der Waals surface area contributed by atoms with E-state index >= 15 is 0 Å². The molecule has 3 aliphatic heterocycles. The largest absolute Gasteiger partial charge is 0.323 e. The molecule has 0 saturated carbocycles. The fraction of sp³-hybridized carbons (Fsp3) is 0.409. The molecule has 1 unspecified atom stereocenters. The van der Waals surface area contributed by atoms with Crippen LogP contribution < -0.4 is 20.9 Å². The zero-order valence-corrected chi connectivity index (χ0v) is 18.4. The number of urea groups is 1. The molecule has 0 aromatic heterocycles. The van der Waals surface area contributed by atoms with Crippen molar-refractivity contribution >= 4 is 33.4 Å². The topological polar surface area (TPSA) is 125 Å². The van der Waals surface area contributed by atoms with Gasteiger partial charge in [0, 0.05) is 42.8 Å². The number of sulfone groups is 1. The van der Waals surface area contributed by atoms with E-state index in [9.17, 15) is 22.8 Å². The van der Waals surface area contributed by atoms with Crippen LogP contribution >= 0.6 is 0 Å². The van der Waals surface area contributed by atoms with Crippen LogP contribution in [0.1, 0.15) is 31.7 Å². The molecular weight excluding hydrogens is 432 g/mol. The molecule has 9 nitrogen and oxygen atoms in total. The molecule has 1 aromatic carbocycles. The van der Waals surface area contributed by atoms with E-state index in [4.69, 9.17) is 0 Å². The van der Waals surface area contributed by atoms with Crippen LogP contribution in [0.5, 0.6) is 0 Å². The first-order valence-corrected chi connectivity index (χ1v) is 12.1. The highest BCUT2D eigenvalue weighted by atomic mass is 32.2. The van der Waals surface area contributed by atoms with E-state index in [1.807, 2.05) is 30.3 Å². The Kier molecular flexibility index (Phi) is 5.79. The molecule has 2 saturated heterocycles. The van der Waals surface area contributed by atoms with E-state index in [-0.39, 0.29) is 12.3 Å². The normalized spacial score (nSPS) is 25.7. The van der Waals surface area contributed by atoms with Crippen LogP contribution in [-0.4, -0.2) is 56.0 Å². The molecule has 3 aliphatic rings. The zero-order chi connectivity index (χ0) is 22.9. The number of anilines is 1. The number of hydrogen-bond acceptors (Lipinski definition) is 6. The lowest BCUT2D eigenvalue weighted by molar-refractivity contribution is -0.122. The van der Waals surface area contributed by atoms with Crippen LogP contribution in [0.2, 0.25) is 0 Å². The predicted molar refractivity (Wildman–Crippen MR) is 118 cm³/mol. The summed E-state index contributed by atoms with van der Waals surface area (Å²) in [6.45, 7) is 2.41. The van der Waals surface area contributed by atoms with Crippen molar-refractivity contribution in [3.05, 3.63) is 41.5 Å². The second-order valence-corrected chi connectivity index (χ2v) is 10.5. The molecule has 1 aromatic rings. The number of nitrogens with one attached hydrogen (secondary N) is 3. The Balaban J connectivity index is 1.46. The third-order valence-corrected chi connectivity index (χ3v) is 7.92. The van der Waals surface area contributed by atoms with Crippen molar-refractivity contribution in [2.24, 2.45) is 0 Å². The summed E-state index contributed by atoms with van der Waals surface area (Å²) in [5.74, 6) is 5.03. The van der Waals surface area contributed by atoms with Crippen molar-refractivity contribution in [1.29, 1.82) is 0 Å². The molecule has 168 valence electrons. The van der Waals surface area contributed by atoms with Gasteiger partial charge in [0.05, 0.1) is 5.75 Å². The summed E-state index contributed by atoms with van der Waals surface area (Å²) in [6.07, 6.45) is 3.38. The van der Waals surface area contributed by atoms with E-state index in [1.165, 1.54) is 6.92 Å². The van der Waals surface area contributed by atoms with Gasteiger partial charge in [0.1, 0.15) is 10.9 Å². The Morgan fingerprint density at radius 1 is 1.22 bits per heavy atom. The van der Waals surface area contributed by atoms with Gasteiger partial charge in [-0.3, -0.25) is 20.2 Å². The first kappa shape index (κ1) is 22.0. The Morgan fingerprint density at radius 3 is 2.72 bits per heavy atom. The van der Waals surface area contributed by atoms with Crippen LogP contribution in [0.25, 0.3) is 0 Å². The maximum absolute atomic E-state index is 12.9. The van der Waals surface area contributed by atoms with Crippen molar-refractivity contribution in [2.75, 3.05) is 23.7 Å². The molecule has 3 N–H and O–H groups in total. The van der Waals surface area contributed by atoms with Crippen molar-refractivity contribution in [3.63, 3.8) is 0 Å². The van der Waals surface area contributed by atoms with E-state index < -0.39 is 38.4 Å². The number of hydrogen-bond donors (Lipinski definition) is 3. The standard InChI is InChI=1S/C22H24N4O5S/c1-22(20(28)24-21(29)25-22)14-32(30,31)18-13-16(9-10-23-18)8-7-15-4-2-5-17(12-15)26-11-3-6-19(26)27/h2,4-5,9,12,18,23H,3,6,10-11,13-14H2,1H3,(H2,24,25,28,29)/t18?,22-/m1/s1. The van der Waals surface area contributed by atoms with E-state index in [0.29, 0.717) is 25.1 Å². The lowest BCUT2D eigenvalue weighted by atomic mass is 10.1. The molecule has 4 amide bonds. The Labute approximate surface area is 186 Å². The zero-order valence-electron chi connectivity index (χ0n) is 17.6. The number of imide groups is 1. The van der Waals surface area contributed by atoms with E-state index in [0.717, 1.165) is 17.7 Å². The number of carbonyl (C=O) groups excluding carboxylic acids is 3. The predicted octanol–water partition coefficient (Wildman–Crippen LogP) is 0.424. The van der Waals surface area contributed by atoms with Crippen LogP contribution in [0.15, 0.2) is 35.9 Å². The maximum Gasteiger partial charge on any atom is 0.322 e. The van der Waals surface area contributed by atoms with Gasteiger partial charge >= 0.3 is 6.03 Å². The molecule has 0 bridgehead atoms. The highest BCUT2D eigenvalue weighted by Gasteiger charge is 2.47. The van der Waals surface area contributed by atoms with Gasteiger partial charge in [-0.15, -0.1) is 0 Å². The molecule has 3 heterocycles. The minimum atomic E-state index is -3.76. The minimum Gasteiger partial charge on any atom is -0.323 e. The van der Waals surface area contributed by atoms with E-state index in [2.05, 4.69) is 27.8 Å². The second-order valence-electron chi connectivity index (χ2n) is 8.33. The lowest BCUT2D eigenvalue weighted by Crippen LogP contribution is -2.53. The Hall–Kier alpha value is -3.16. The summed E-state index contributed by atoms with van der Waals surface area (Å²) in [6, 6.07) is 6.72. The number of rotatable bonds is 4. The Bertz CT molecular complexity index is 1180. The van der Waals surface area contributed by atoms with Gasteiger partial charge in [-0.25, -0.2) is 13.2 Å². The SMILES string of the molecule is C[C@]1(CS(=O)(=O)C2CC(C#Cc3cccc(N4CCCC4=O)c3)=CCN2)NC(=O)NC1=O. The summed E-state index contributed by atoms with van der Waals surface area (Å²) >= 11 is 0. The maximum atomic E-state index is 12.9. The van der Waals surface area contributed by atoms with Gasteiger partial charge in [-0.1, -0.05) is 24.0 Å².